The van der Waals surface area contributed by atoms with Crippen LogP contribution in [-0.2, 0) is 4.79 Å². The van der Waals surface area contributed by atoms with Crippen LogP contribution in [0.5, 0.6) is 23.0 Å². The van der Waals surface area contributed by atoms with Gasteiger partial charge in [-0.2, -0.15) is 0 Å². The van der Waals surface area contributed by atoms with E-state index in [1.807, 2.05) is 19.9 Å². The fraction of sp³-hybridized carbons (Fsp3) is 0.348. The zero-order valence-electron chi connectivity index (χ0n) is 19.6. The van der Waals surface area contributed by atoms with E-state index < -0.39 is 6.04 Å². The van der Waals surface area contributed by atoms with Crippen molar-refractivity contribution in [2.24, 2.45) is 11.7 Å². The second kappa shape index (κ2) is 10.2. The summed E-state index contributed by atoms with van der Waals surface area (Å²) in [5, 5.41) is 11.2. The fourth-order valence-electron chi connectivity index (χ4n) is 3.30. The molecular formula is C23H29N5O5. The molecule has 0 radical (unpaired) electrons. The van der Waals surface area contributed by atoms with Crippen molar-refractivity contribution in [3.05, 3.63) is 36.5 Å². The number of anilines is 1. The van der Waals surface area contributed by atoms with Crippen molar-refractivity contribution in [2.45, 2.75) is 19.9 Å². The van der Waals surface area contributed by atoms with E-state index in [-0.39, 0.29) is 11.8 Å². The number of aromatic nitrogens is 3. The van der Waals surface area contributed by atoms with Crippen molar-refractivity contribution in [2.75, 3.05) is 33.8 Å². The number of nitrogens with one attached hydrogen (secondary N) is 1. The minimum absolute atomic E-state index is 0.00941. The quantitative estimate of drug-likeness (QED) is 0.505. The fourth-order valence-corrected chi connectivity index (χ4v) is 3.30. The van der Waals surface area contributed by atoms with Gasteiger partial charge in [0.05, 0.1) is 57.7 Å². The third-order valence-corrected chi connectivity index (χ3v) is 5.22. The predicted molar refractivity (Wildman–Crippen MR) is 124 cm³/mol. The standard InChI is InChI=1S/C23H29N5O5/c1-13(2)21(24)23(29)26-16-9-14(7-8-18(16)30-3)17-12-25-27-28(17)15-10-19(31-4)22(33-6)20(11-15)32-5/h7-13,21H,24H2,1-6H3,(H,26,29). The van der Waals surface area contributed by atoms with Crippen LogP contribution in [0.2, 0.25) is 0 Å². The summed E-state index contributed by atoms with van der Waals surface area (Å²) in [6, 6.07) is 8.30. The number of nitrogens with two attached hydrogens (primary N) is 1. The van der Waals surface area contributed by atoms with Crippen LogP contribution in [0, 0.1) is 5.92 Å². The van der Waals surface area contributed by atoms with Crippen LogP contribution in [0.1, 0.15) is 13.8 Å². The maximum absolute atomic E-state index is 12.5. The van der Waals surface area contributed by atoms with Gasteiger partial charge in [0.1, 0.15) is 5.75 Å². The van der Waals surface area contributed by atoms with Crippen LogP contribution < -0.4 is 30.0 Å². The molecule has 3 aromatic rings. The SMILES string of the molecule is COc1ccc(-c2cnnn2-c2cc(OC)c(OC)c(OC)c2)cc1NC(=O)C(N)C(C)C. The lowest BCUT2D eigenvalue weighted by Crippen LogP contribution is -2.39. The molecule has 176 valence electrons. The lowest BCUT2D eigenvalue weighted by atomic mass is 10.0. The lowest BCUT2D eigenvalue weighted by Gasteiger charge is -2.18. The van der Waals surface area contributed by atoms with Crippen LogP contribution in [-0.4, -0.2) is 55.4 Å². The molecule has 0 aliphatic heterocycles. The van der Waals surface area contributed by atoms with Gasteiger partial charge < -0.3 is 30.0 Å². The number of methoxy groups -OCH3 is 4. The molecule has 0 bridgehead atoms. The van der Waals surface area contributed by atoms with Crippen molar-refractivity contribution in [3.8, 4) is 39.9 Å². The van der Waals surface area contributed by atoms with E-state index >= 15 is 0 Å². The number of hydrogen-bond acceptors (Lipinski definition) is 8. The van der Waals surface area contributed by atoms with Gasteiger partial charge in [0.15, 0.2) is 11.5 Å². The van der Waals surface area contributed by atoms with E-state index in [2.05, 4.69) is 15.6 Å². The van der Waals surface area contributed by atoms with E-state index in [9.17, 15) is 4.79 Å². The molecule has 0 aliphatic carbocycles. The summed E-state index contributed by atoms with van der Waals surface area (Å²) < 4.78 is 23.4. The molecule has 3 rings (SSSR count). The Morgan fingerprint density at radius 2 is 1.61 bits per heavy atom. The van der Waals surface area contributed by atoms with E-state index in [0.717, 1.165) is 5.56 Å². The Hall–Kier alpha value is -3.79. The van der Waals surface area contributed by atoms with Gasteiger partial charge in [-0.1, -0.05) is 19.1 Å². The Kier molecular flexibility index (Phi) is 7.39. The minimum Gasteiger partial charge on any atom is -0.495 e. The van der Waals surface area contributed by atoms with E-state index in [1.54, 1.807) is 56.5 Å². The number of carbonyl (C=O) groups is 1. The summed E-state index contributed by atoms with van der Waals surface area (Å²) in [5.74, 6) is 1.65. The molecule has 0 spiro atoms. The first-order valence-corrected chi connectivity index (χ1v) is 10.3. The molecule has 10 nitrogen and oxygen atoms in total. The van der Waals surface area contributed by atoms with Gasteiger partial charge >= 0.3 is 0 Å². The number of amides is 1. The summed E-state index contributed by atoms with van der Waals surface area (Å²) in [6.45, 7) is 3.78. The zero-order valence-corrected chi connectivity index (χ0v) is 19.6. The largest absolute Gasteiger partial charge is 0.495 e. The van der Waals surface area contributed by atoms with Crippen molar-refractivity contribution in [1.29, 1.82) is 0 Å². The summed E-state index contributed by atoms with van der Waals surface area (Å²) in [5.41, 5.74) is 8.58. The van der Waals surface area contributed by atoms with Crippen molar-refractivity contribution < 1.29 is 23.7 Å². The third kappa shape index (κ3) is 4.85. The second-order valence-electron chi connectivity index (χ2n) is 7.59. The summed E-state index contributed by atoms with van der Waals surface area (Å²) in [4.78, 5) is 12.5. The Labute approximate surface area is 192 Å². The van der Waals surface area contributed by atoms with Crippen LogP contribution in [0.15, 0.2) is 36.5 Å². The lowest BCUT2D eigenvalue weighted by molar-refractivity contribution is -0.118. The molecule has 1 atom stereocenters. The second-order valence-corrected chi connectivity index (χ2v) is 7.59. The molecule has 1 aromatic heterocycles. The highest BCUT2D eigenvalue weighted by Gasteiger charge is 2.21. The highest BCUT2D eigenvalue weighted by molar-refractivity contribution is 5.96. The van der Waals surface area contributed by atoms with Gasteiger partial charge in [-0.15, -0.1) is 5.10 Å². The smallest absolute Gasteiger partial charge is 0.241 e. The number of carbonyl (C=O) groups excluding carboxylic acids is 1. The molecule has 0 saturated heterocycles. The van der Waals surface area contributed by atoms with Gasteiger partial charge in [-0.3, -0.25) is 4.79 Å². The monoisotopic (exact) mass is 455 g/mol. The molecule has 2 aromatic carbocycles. The first kappa shape index (κ1) is 23.9. The van der Waals surface area contributed by atoms with Crippen LogP contribution in [0.3, 0.4) is 0 Å². The van der Waals surface area contributed by atoms with Crippen LogP contribution >= 0.6 is 0 Å². The Morgan fingerprint density at radius 1 is 0.970 bits per heavy atom. The normalized spacial score (nSPS) is 11.8. The zero-order chi connectivity index (χ0) is 24.1. The van der Waals surface area contributed by atoms with E-state index in [1.165, 1.54) is 7.11 Å². The average molecular weight is 456 g/mol. The Morgan fingerprint density at radius 3 is 2.15 bits per heavy atom. The van der Waals surface area contributed by atoms with Crippen molar-refractivity contribution in [3.63, 3.8) is 0 Å². The maximum atomic E-state index is 12.5. The third-order valence-electron chi connectivity index (χ3n) is 5.22. The summed E-state index contributed by atoms with van der Waals surface area (Å²) in [6.07, 6.45) is 1.62. The number of nitrogens with zero attached hydrogens (tertiary/aromatic N) is 3. The van der Waals surface area contributed by atoms with Crippen molar-refractivity contribution >= 4 is 11.6 Å². The van der Waals surface area contributed by atoms with E-state index in [0.29, 0.717) is 40.1 Å². The highest BCUT2D eigenvalue weighted by atomic mass is 16.5. The first-order valence-electron chi connectivity index (χ1n) is 10.3. The number of ether oxygens (including phenoxy) is 4. The Bertz CT molecular complexity index is 1100. The molecule has 33 heavy (non-hydrogen) atoms. The predicted octanol–water partition coefficient (Wildman–Crippen LogP) is 2.89. The number of rotatable bonds is 9. The van der Waals surface area contributed by atoms with Gasteiger partial charge in [-0.05, 0) is 24.1 Å². The van der Waals surface area contributed by atoms with Gasteiger partial charge in [0, 0.05) is 17.7 Å². The first-order chi connectivity index (χ1) is 15.8. The van der Waals surface area contributed by atoms with Crippen LogP contribution in [0.4, 0.5) is 5.69 Å². The van der Waals surface area contributed by atoms with E-state index in [4.69, 9.17) is 24.7 Å². The topological polar surface area (TPSA) is 123 Å². The summed E-state index contributed by atoms with van der Waals surface area (Å²) >= 11 is 0. The number of hydrogen-bond donors (Lipinski definition) is 2. The summed E-state index contributed by atoms with van der Waals surface area (Å²) in [7, 11) is 6.17. The van der Waals surface area contributed by atoms with Gasteiger partial charge in [0.25, 0.3) is 0 Å². The maximum Gasteiger partial charge on any atom is 0.241 e. The van der Waals surface area contributed by atoms with Crippen LogP contribution in [0.25, 0.3) is 16.9 Å². The van der Waals surface area contributed by atoms with Crippen molar-refractivity contribution in [1.82, 2.24) is 15.0 Å². The van der Waals surface area contributed by atoms with Gasteiger partial charge in [-0.25, -0.2) is 4.68 Å². The molecule has 1 amide bonds. The Balaban J connectivity index is 2.06. The van der Waals surface area contributed by atoms with Gasteiger partial charge in [0.2, 0.25) is 11.7 Å². The molecule has 1 unspecified atom stereocenters. The molecule has 0 aliphatic rings. The average Bonchev–Trinajstić information content (AvgIpc) is 3.32. The molecule has 0 saturated carbocycles. The molecule has 1 heterocycles. The minimum atomic E-state index is -0.648. The molecular weight excluding hydrogens is 426 g/mol. The number of benzene rings is 2. The highest BCUT2D eigenvalue weighted by Crippen LogP contribution is 2.40. The molecule has 3 N–H and O–H groups in total. The molecule has 10 heteroatoms. The molecule has 0 fully saturated rings.